The van der Waals surface area contributed by atoms with Crippen LogP contribution < -0.4 is 10.6 Å². The molecule has 6 heteroatoms. The van der Waals surface area contributed by atoms with Crippen LogP contribution in [0, 0.1) is 25.7 Å². The summed E-state index contributed by atoms with van der Waals surface area (Å²) in [4.78, 5) is 4.33. The summed E-state index contributed by atoms with van der Waals surface area (Å²) in [5.41, 5.74) is 5.15. The Morgan fingerprint density at radius 1 is 1.28 bits per heavy atom. The van der Waals surface area contributed by atoms with Gasteiger partial charge in [-0.1, -0.05) is 29.4 Å². The van der Waals surface area contributed by atoms with E-state index in [2.05, 4.69) is 45.0 Å². The molecule has 1 fully saturated rings. The van der Waals surface area contributed by atoms with Crippen LogP contribution in [0.5, 0.6) is 0 Å². The molecule has 0 amide bonds. The lowest BCUT2D eigenvalue weighted by molar-refractivity contribution is 0.392. The highest BCUT2D eigenvalue weighted by Gasteiger charge is 2.54. The predicted octanol–water partition coefficient (Wildman–Crippen LogP) is 3.16. The minimum Gasteiger partial charge on any atom is -0.361 e. The first-order valence-corrected chi connectivity index (χ1v) is 8.63. The Morgan fingerprint density at radius 3 is 2.80 bits per heavy atom. The first-order chi connectivity index (χ1) is 11.7. The number of aromatic nitrogens is 1. The van der Waals surface area contributed by atoms with Crippen molar-refractivity contribution in [3.8, 4) is 0 Å². The highest BCUT2D eigenvalue weighted by atomic mass is 127. The monoisotopic (exact) mass is 452 g/mol. The fourth-order valence-corrected chi connectivity index (χ4v) is 4.12. The maximum atomic E-state index is 5.20. The van der Waals surface area contributed by atoms with E-state index < -0.39 is 0 Å². The summed E-state index contributed by atoms with van der Waals surface area (Å²) in [5.74, 6) is 4.00. The number of benzene rings is 1. The van der Waals surface area contributed by atoms with Gasteiger partial charge >= 0.3 is 0 Å². The first kappa shape index (κ1) is 18.2. The molecule has 25 heavy (non-hydrogen) atoms. The Labute approximate surface area is 165 Å². The summed E-state index contributed by atoms with van der Waals surface area (Å²) in [6, 6.07) is 8.88. The lowest BCUT2D eigenvalue weighted by atomic mass is 10.0. The molecular weight excluding hydrogens is 427 g/mol. The fourth-order valence-electron chi connectivity index (χ4n) is 4.12. The van der Waals surface area contributed by atoms with Gasteiger partial charge in [0.2, 0.25) is 0 Å². The zero-order chi connectivity index (χ0) is 16.7. The number of nitrogens with zero attached hydrogens (tertiary/aromatic N) is 2. The number of fused-ring (bicyclic) bond motifs is 3. The Hall–Kier alpha value is -1.57. The van der Waals surface area contributed by atoms with E-state index in [4.69, 9.17) is 4.52 Å². The van der Waals surface area contributed by atoms with Crippen LogP contribution in [0.4, 0.5) is 0 Å². The molecule has 1 heterocycles. The Kier molecular flexibility index (Phi) is 5.36. The highest BCUT2D eigenvalue weighted by Crippen LogP contribution is 2.60. The first-order valence-electron chi connectivity index (χ1n) is 8.63. The van der Waals surface area contributed by atoms with E-state index in [1.54, 1.807) is 11.1 Å². The van der Waals surface area contributed by atoms with Crippen LogP contribution in [0.2, 0.25) is 0 Å². The fraction of sp³-hybridized carbons (Fsp3) is 0.474. The zero-order valence-corrected chi connectivity index (χ0v) is 17.2. The molecule has 0 aliphatic heterocycles. The summed E-state index contributed by atoms with van der Waals surface area (Å²) in [5, 5.41) is 10.8. The van der Waals surface area contributed by atoms with Crippen molar-refractivity contribution in [1.29, 1.82) is 0 Å². The quantitative estimate of drug-likeness (QED) is 0.425. The van der Waals surface area contributed by atoms with Crippen LogP contribution in [0.1, 0.15) is 34.1 Å². The number of nitrogens with one attached hydrogen (secondary N) is 2. The van der Waals surface area contributed by atoms with Gasteiger partial charge in [-0.2, -0.15) is 0 Å². The molecule has 3 atom stereocenters. The molecule has 0 bridgehead atoms. The number of halogens is 1. The van der Waals surface area contributed by atoms with Crippen LogP contribution in [-0.2, 0) is 13.0 Å². The second-order valence-electron chi connectivity index (χ2n) is 6.87. The molecule has 2 aromatic rings. The average Bonchev–Trinajstić information content (AvgIpc) is 2.96. The van der Waals surface area contributed by atoms with Crippen molar-refractivity contribution in [2.24, 2.45) is 16.8 Å². The predicted molar refractivity (Wildman–Crippen MR) is 109 cm³/mol. The molecule has 5 nitrogen and oxygen atoms in total. The smallest absolute Gasteiger partial charge is 0.191 e. The van der Waals surface area contributed by atoms with E-state index in [1.165, 1.54) is 6.42 Å². The number of aryl methyl sites for hydroxylation is 2. The second kappa shape index (κ2) is 7.35. The van der Waals surface area contributed by atoms with E-state index >= 15 is 0 Å². The Balaban J connectivity index is 0.00000182. The third-order valence-electron chi connectivity index (χ3n) is 5.54. The second-order valence-corrected chi connectivity index (χ2v) is 6.87. The third-order valence-corrected chi connectivity index (χ3v) is 5.54. The molecule has 4 rings (SSSR count). The zero-order valence-electron chi connectivity index (χ0n) is 14.9. The largest absolute Gasteiger partial charge is 0.361 e. The summed E-state index contributed by atoms with van der Waals surface area (Å²) >= 11 is 0. The van der Waals surface area contributed by atoms with Gasteiger partial charge in [0.15, 0.2) is 5.96 Å². The maximum Gasteiger partial charge on any atom is 0.191 e. The molecule has 1 aromatic heterocycles. The van der Waals surface area contributed by atoms with Crippen molar-refractivity contribution < 1.29 is 4.52 Å². The van der Waals surface area contributed by atoms with Gasteiger partial charge < -0.3 is 15.2 Å². The molecule has 0 saturated heterocycles. The SMILES string of the molecule is CN=C(NCc1c(C)noc1C)NCC1C2Cc3ccccc3C12.I. The Bertz CT molecular complexity index is 766. The van der Waals surface area contributed by atoms with Crippen molar-refractivity contribution in [2.75, 3.05) is 13.6 Å². The van der Waals surface area contributed by atoms with Gasteiger partial charge in [-0.15, -0.1) is 24.0 Å². The van der Waals surface area contributed by atoms with Crippen LogP contribution >= 0.6 is 24.0 Å². The number of guanidine groups is 1. The molecule has 2 N–H and O–H groups in total. The summed E-state index contributed by atoms with van der Waals surface area (Å²) in [7, 11) is 1.81. The van der Waals surface area contributed by atoms with Crippen LogP contribution in [0.3, 0.4) is 0 Å². The van der Waals surface area contributed by atoms with Gasteiger partial charge in [-0.05, 0) is 49.1 Å². The number of rotatable bonds is 4. The lowest BCUT2D eigenvalue weighted by Crippen LogP contribution is -2.38. The molecule has 2 aliphatic rings. The molecule has 1 saturated carbocycles. The summed E-state index contributed by atoms with van der Waals surface area (Å²) in [6.45, 7) is 5.56. The molecule has 2 aliphatic carbocycles. The van der Waals surface area contributed by atoms with Crippen LogP contribution in [0.15, 0.2) is 33.8 Å². The van der Waals surface area contributed by atoms with E-state index in [9.17, 15) is 0 Å². The van der Waals surface area contributed by atoms with E-state index in [0.717, 1.165) is 47.3 Å². The summed E-state index contributed by atoms with van der Waals surface area (Å²) in [6.07, 6.45) is 1.23. The maximum absolute atomic E-state index is 5.20. The number of hydrogen-bond acceptors (Lipinski definition) is 3. The highest BCUT2D eigenvalue weighted by molar-refractivity contribution is 14.0. The molecular formula is C19H25IN4O. The van der Waals surface area contributed by atoms with Gasteiger partial charge in [0.05, 0.1) is 5.69 Å². The van der Waals surface area contributed by atoms with Crippen molar-refractivity contribution in [3.05, 3.63) is 52.4 Å². The van der Waals surface area contributed by atoms with Crippen LogP contribution in [-0.4, -0.2) is 24.7 Å². The number of hydrogen-bond donors (Lipinski definition) is 2. The van der Waals surface area contributed by atoms with Gasteiger partial charge in [-0.3, -0.25) is 4.99 Å². The van der Waals surface area contributed by atoms with Crippen LogP contribution in [0.25, 0.3) is 0 Å². The lowest BCUT2D eigenvalue weighted by Gasteiger charge is -2.13. The topological polar surface area (TPSA) is 62.5 Å². The van der Waals surface area contributed by atoms with Crippen molar-refractivity contribution in [3.63, 3.8) is 0 Å². The number of aliphatic imine (C=N–C) groups is 1. The molecule has 1 aromatic carbocycles. The molecule has 0 spiro atoms. The van der Waals surface area contributed by atoms with Crippen molar-refractivity contribution >= 4 is 29.9 Å². The third kappa shape index (κ3) is 3.41. The van der Waals surface area contributed by atoms with Crippen molar-refractivity contribution in [1.82, 2.24) is 15.8 Å². The average molecular weight is 452 g/mol. The van der Waals surface area contributed by atoms with Gasteiger partial charge in [0, 0.05) is 25.7 Å². The van der Waals surface area contributed by atoms with E-state index in [1.807, 2.05) is 20.9 Å². The van der Waals surface area contributed by atoms with Gasteiger partial charge in [0.1, 0.15) is 5.76 Å². The van der Waals surface area contributed by atoms with Gasteiger partial charge in [-0.25, -0.2) is 0 Å². The Morgan fingerprint density at radius 2 is 2.08 bits per heavy atom. The minimum absolute atomic E-state index is 0. The summed E-state index contributed by atoms with van der Waals surface area (Å²) < 4.78 is 5.20. The molecule has 134 valence electrons. The van der Waals surface area contributed by atoms with Crippen molar-refractivity contribution in [2.45, 2.75) is 32.7 Å². The minimum atomic E-state index is 0. The molecule has 0 radical (unpaired) electrons. The normalized spacial score (nSPS) is 23.5. The molecule has 3 unspecified atom stereocenters. The standard InChI is InChI=1S/C19H24N4O.HI/c1-11-16(12(2)24-23-11)9-21-19(20-3)22-10-17-15-8-13-6-4-5-7-14(13)18(15)17;/h4-7,15,17-18H,8-10H2,1-3H3,(H2,20,21,22);1H. The van der Waals surface area contributed by atoms with E-state index in [0.29, 0.717) is 6.54 Å². The van der Waals surface area contributed by atoms with Gasteiger partial charge in [0.25, 0.3) is 0 Å². The van der Waals surface area contributed by atoms with E-state index in [-0.39, 0.29) is 24.0 Å².